The maximum absolute atomic E-state index is 13.9. The van der Waals surface area contributed by atoms with E-state index in [1.807, 2.05) is 91.9 Å². The lowest BCUT2D eigenvalue weighted by Gasteiger charge is -2.38. The van der Waals surface area contributed by atoms with Gasteiger partial charge >= 0.3 is 0 Å². The summed E-state index contributed by atoms with van der Waals surface area (Å²) >= 11 is 0. The minimum absolute atomic E-state index is 0.123. The summed E-state index contributed by atoms with van der Waals surface area (Å²) in [6.07, 6.45) is 3.15. The molecule has 9 heteroatoms. The van der Waals surface area contributed by atoms with Crippen LogP contribution >= 0.6 is 0 Å². The van der Waals surface area contributed by atoms with Gasteiger partial charge in [-0.2, -0.15) is 0 Å². The molecule has 2 N–H and O–H groups in total. The van der Waals surface area contributed by atoms with Gasteiger partial charge < -0.3 is 19.9 Å². The van der Waals surface area contributed by atoms with Gasteiger partial charge in [0, 0.05) is 49.7 Å². The molecule has 0 saturated carbocycles. The predicted molar refractivity (Wildman–Crippen MR) is 173 cm³/mol. The molecule has 0 radical (unpaired) electrons. The Hall–Kier alpha value is -4.60. The second kappa shape index (κ2) is 13.6. The first-order valence-corrected chi connectivity index (χ1v) is 15.7. The van der Waals surface area contributed by atoms with Crippen LogP contribution in [0, 0.1) is 0 Å². The van der Waals surface area contributed by atoms with Gasteiger partial charge in [0.25, 0.3) is 0 Å². The largest absolute Gasteiger partial charge is 0.497 e. The first-order valence-electron chi connectivity index (χ1n) is 14.2. The number of piperazine rings is 1. The minimum Gasteiger partial charge on any atom is -0.497 e. The van der Waals surface area contributed by atoms with E-state index < -0.39 is 16.1 Å². The fourth-order valence-corrected chi connectivity index (χ4v) is 6.58. The normalized spacial score (nSPS) is 14.5. The van der Waals surface area contributed by atoms with E-state index in [9.17, 15) is 13.2 Å². The maximum atomic E-state index is 13.9. The molecule has 1 amide bonds. The van der Waals surface area contributed by atoms with Gasteiger partial charge in [0.05, 0.1) is 12.8 Å². The van der Waals surface area contributed by atoms with Crippen LogP contribution in [0.5, 0.6) is 5.75 Å². The van der Waals surface area contributed by atoms with Gasteiger partial charge in [-0.15, -0.1) is 0 Å². The highest BCUT2D eigenvalue weighted by Gasteiger charge is 2.27. The van der Waals surface area contributed by atoms with Crippen molar-refractivity contribution in [2.45, 2.75) is 17.9 Å². The van der Waals surface area contributed by atoms with Crippen LogP contribution in [0.4, 0.5) is 17.1 Å². The molecular weight excluding hydrogens is 560 g/mol. The van der Waals surface area contributed by atoms with Gasteiger partial charge in [-0.1, -0.05) is 60.7 Å². The molecule has 5 rings (SSSR count). The molecule has 0 aliphatic carbocycles. The van der Waals surface area contributed by atoms with Crippen LogP contribution in [0.3, 0.4) is 0 Å². The number of methoxy groups -OCH3 is 1. The van der Waals surface area contributed by atoms with Crippen LogP contribution in [0.2, 0.25) is 0 Å². The Balaban J connectivity index is 1.38. The summed E-state index contributed by atoms with van der Waals surface area (Å²) in [5, 5.41) is 2.82. The highest BCUT2D eigenvalue weighted by Crippen LogP contribution is 2.31. The quantitative estimate of drug-likeness (QED) is 0.228. The van der Waals surface area contributed by atoms with Gasteiger partial charge in [0.2, 0.25) is 15.9 Å². The van der Waals surface area contributed by atoms with Crippen molar-refractivity contribution >= 4 is 39.1 Å². The average Bonchev–Trinajstić information content (AvgIpc) is 3.04. The lowest BCUT2D eigenvalue weighted by Crippen LogP contribution is -2.47. The van der Waals surface area contributed by atoms with E-state index in [0.29, 0.717) is 24.5 Å². The number of ether oxygens (including phenoxy) is 1. The molecule has 0 aromatic heterocycles. The maximum Gasteiger partial charge on any atom is 0.248 e. The molecule has 1 atom stereocenters. The van der Waals surface area contributed by atoms with Crippen LogP contribution in [-0.4, -0.2) is 47.6 Å². The summed E-state index contributed by atoms with van der Waals surface area (Å²) in [7, 11) is -2.32. The highest BCUT2D eigenvalue weighted by atomic mass is 32.2. The third kappa shape index (κ3) is 7.63. The number of nitrogens with one attached hydrogen (secondary N) is 2. The van der Waals surface area contributed by atoms with Crippen LogP contribution in [0.15, 0.2) is 114 Å². The standard InChI is InChI=1S/C34H36N4O4S/c1-26(28-11-7-4-8-12-28)36-43(40,41)33-25-29(35-34(39)20-13-27-9-5-3-6-10-27)14-19-32(33)38-23-21-37(22-24-38)30-15-17-31(42-2)18-16-30/h3-20,25-26,36H,21-24H2,1-2H3,(H,35,39)/b20-13+/t26-/m1/s1. The van der Waals surface area contributed by atoms with Gasteiger partial charge in [0.15, 0.2) is 0 Å². The van der Waals surface area contributed by atoms with E-state index in [2.05, 4.69) is 19.8 Å². The molecule has 43 heavy (non-hydrogen) atoms. The average molecular weight is 597 g/mol. The smallest absolute Gasteiger partial charge is 0.248 e. The molecule has 1 fully saturated rings. The third-order valence-electron chi connectivity index (χ3n) is 7.43. The number of nitrogens with zero attached hydrogens (tertiary/aromatic N) is 2. The predicted octanol–water partition coefficient (Wildman–Crippen LogP) is 5.71. The third-order valence-corrected chi connectivity index (χ3v) is 9.00. The number of carbonyl (C=O) groups excluding carboxylic acids is 1. The topological polar surface area (TPSA) is 91.0 Å². The molecule has 0 unspecified atom stereocenters. The first-order chi connectivity index (χ1) is 20.8. The van der Waals surface area contributed by atoms with Gasteiger partial charge in [-0.3, -0.25) is 4.79 Å². The Labute approximate surface area is 253 Å². The Morgan fingerprint density at radius 1 is 0.837 bits per heavy atom. The van der Waals surface area contributed by atoms with Crippen molar-refractivity contribution in [3.05, 3.63) is 120 Å². The van der Waals surface area contributed by atoms with Crippen LogP contribution < -0.4 is 24.6 Å². The number of hydrogen-bond donors (Lipinski definition) is 2. The van der Waals surface area contributed by atoms with Crippen LogP contribution in [-0.2, 0) is 14.8 Å². The zero-order valence-electron chi connectivity index (χ0n) is 24.3. The fraction of sp³-hybridized carbons (Fsp3) is 0.206. The zero-order chi connectivity index (χ0) is 30.2. The molecular formula is C34H36N4O4S. The monoisotopic (exact) mass is 596 g/mol. The number of amides is 1. The Morgan fingerprint density at radius 3 is 2.12 bits per heavy atom. The molecule has 0 bridgehead atoms. The number of carbonyl (C=O) groups is 1. The number of sulfonamides is 1. The van der Waals surface area contributed by atoms with E-state index in [1.165, 1.54) is 6.08 Å². The zero-order valence-corrected chi connectivity index (χ0v) is 25.1. The SMILES string of the molecule is COc1ccc(N2CCN(c3ccc(NC(=O)/C=C/c4ccccc4)cc3S(=O)(=O)N[C@H](C)c3ccccc3)CC2)cc1. The molecule has 1 heterocycles. The van der Waals surface area contributed by atoms with Crippen molar-refractivity contribution in [1.29, 1.82) is 0 Å². The van der Waals surface area contributed by atoms with Crippen LogP contribution in [0.25, 0.3) is 6.08 Å². The summed E-state index contributed by atoms with van der Waals surface area (Å²) in [5.41, 5.74) is 3.84. The van der Waals surface area contributed by atoms with Gasteiger partial charge in [0.1, 0.15) is 10.6 Å². The fourth-order valence-electron chi connectivity index (χ4n) is 5.09. The summed E-state index contributed by atoms with van der Waals surface area (Å²) in [4.78, 5) is 17.2. The van der Waals surface area contributed by atoms with Gasteiger partial charge in [-0.05, 0) is 66.6 Å². The second-order valence-corrected chi connectivity index (χ2v) is 12.0. The number of anilines is 3. The van der Waals surface area contributed by atoms with E-state index in [0.717, 1.165) is 35.7 Å². The van der Waals surface area contributed by atoms with Crippen molar-refractivity contribution in [3.63, 3.8) is 0 Å². The van der Waals surface area contributed by atoms with Crippen molar-refractivity contribution in [2.24, 2.45) is 0 Å². The van der Waals surface area contributed by atoms with Gasteiger partial charge in [-0.25, -0.2) is 13.1 Å². The molecule has 1 aliphatic rings. The Bertz CT molecular complexity index is 1650. The summed E-state index contributed by atoms with van der Waals surface area (Å²) < 4.78 is 35.9. The van der Waals surface area contributed by atoms with Crippen molar-refractivity contribution in [1.82, 2.24) is 4.72 Å². The lowest BCUT2D eigenvalue weighted by atomic mass is 10.1. The summed E-state index contributed by atoms with van der Waals surface area (Å²) in [6.45, 7) is 4.54. The number of rotatable bonds is 10. The van der Waals surface area contributed by atoms with E-state index in [4.69, 9.17) is 4.74 Å². The van der Waals surface area contributed by atoms with Crippen molar-refractivity contribution in [3.8, 4) is 5.75 Å². The minimum atomic E-state index is -3.96. The molecule has 1 saturated heterocycles. The van der Waals surface area contributed by atoms with Crippen LogP contribution in [0.1, 0.15) is 24.1 Å². The van der Waals surface area contributed by atoms with E-state index >= 15 is 0 Å². The Morgan fingerprint density at radius 2 is 1.47 bits per heavy atom. The number of hydrogen-bond acceptors (Lipinski definition) is 6. The molecule has 222 valence electrons. The highest BCUT2D eigenvalue weighted by molar-refractivity contribution is 7.89. The molecule has 4 aromatic carbocycles. The van der Waals surface area contributed by atoms with Crippen molar-refractivity contribution in [2.75, 3.05) is 48.4 Å². The molecule has 8 nitrogen and oxygen atoms in total. The van der Waals surface area contributed by atoms with Crippen molar-refractivity contribution < 1.29 is 17.9 Å². The second-order valence-electron chi connectivity index (χ2n) is 10.3. The molecule has 0 spiro atoms. The summed E-state index contributed by atoms with van der Waals surface area (Å²) in [5.74, 6) is 0.455. The number of benzene rings is 4. The lowest BCUT2D eigenvalue weighted by molar-refractivity contribution is -0.111. The summed E-state index contributed by atoms with van der Waals surface area (Å²) in [6, 6.07) is 31.5. The molecule has 4 aromatic rings. The van der Waals surface area contributed by atoms with E-state index in [-0.39, 0.29) is 10.8 Å². The van der Waals surface area contributed by atoms with E-state index in [1.54, 1.807) is 31.4 Å². The first kappa shape index (κ1) is 29.9. The molecule has 1 aliphatic heterocycles. The Kier molecular flexibility index (Phi) is 9.44.